The van der Waals surface area contributed by atoms with Crippen LogP contribution in [-0.4, -0.2) is 35.4 Å². The quantitative estimate of drug-likeness (QED) is 0.460. The van der Waals surface area contributed by atoms with E-state index in [2.05, 4.69) is 5.32 Å². The van der Waals surface area contributed by atoms with Crippen LogP contribution in [0.5, 0.6) is 0 Å². The second-order valence-electron chi connectivity index (χ2n) is 7.20. The lowest BCUT2D eigenvalue weighted by molar-refractivity contribution is -0.142. The van der Waals surface area contributed by atoms with Crippen LogP contribution in [0.25, 0.3) is 10.8 Å². The van der Waals surface area contributed by atoms with Gasteiger partial charge in [0.05, 0.1) is 6.42 Å². The summed E-state index contributed by atoms with van der Waals surface area (Å²) in [6, 6.07) is 15.4. The van der Waals surface area contributed by atoms with Crippen molar-refractivity contribution in [3.63, 3.8) is 0 Å². The van der Waals surface area contributed by atoms with Crippen LogP contribution in [0.1, 0.15) is 34.2 Å². The Morgan fingerprint density at radius 3 is 2.50 bits per heavy atom. The second kappa shape index (κ2) is 9.39. The molecule has 6 nitrogen and oxygen atoms in total. The smallest absolute Gasteiger partial charge is 0.325 e. The first-order chi connectivity index (χ1) is 14.4. The number of carbonyl (C=O) groups is 3. The molecule has 0 bridgehead atoms. The number of hydrogen-bond donors (Lipinski definition) is 1. The zero-order chi connectivity index (χ0) is 21.7. The first-order valence-electron chi connectivity index (χ1n) is 9.99. The van der Waals surface area contributed by atoms with Crippen LogP contribution in [0.3, 0.4) is 0 Å². The molecular formula is C24H26N2O4. The lowest BCUT2D eigenvalue weighted by Crippen LogP contribution is -2.32. The molecule has 1 N–H and O–H groups in total. The number of nitrogens with one attached hydrogen (secondary N) is 1. The molecule has 0 saturated heterocycles. The molecular weight excluding hydrogens is 380 g/mol. The molecule has 3 aromatic rings. The van der Waals surface area contributed by atoms with Gasteiger partial charge in [-0.15, -0.1) is 0 Å². The van der Waals surface area contributed by atoms with Crippen molar-refractivity contribution >= 4 is 28.4 Å². The number of aryl methyl sites for hydroxylation is 1. The molecule has 0 unspecified atom stereocenters. The van der Waals surface area contributed by atoms with Crippen molar-refractivity contribution in [1.82, 2.24) is 9.88 Å². The van der Waals surface area contributed by atoms with Crippen molar-refractivity contribution in [3.8, 4) is 0 Å². The first kappa shape index (κ1) is 21.3. The topological polar surface area (TPSA) is 77.4 Å². The SMILES string of the molecule is CCn1c(C)cc(C(=O)COC(=O)CNC(=O)Cc2cccc3ccccc23)c1C. The summed E-state index contributed by atoms with van der Waals surface area (Å²) in [5, 5.41) is 4.63. The Morgan fingerprint density at radius 2 is 1.77 bits per heavy atom. The highest BCUT2D eigenvalue weighted by Crippen LogP contribution is 2.19. The van der Waals surface area contributed by atoms with E-state index in [1.165, 1.54) is 0 Å². The number of benzene rings is 2. The number of nitrogens with zero attached hydrogens (tertiary/aromatic N) is 1. The van der Waals surface area contributed by atoms with E-state index in [0.29, 0.717) is 5.56 Å². The van der Waals surface area contributed by atoms with E-state index < -0.39 is 5.97 Å². The molecule has 1 amide bonds. The fraction of sp³-hybridized carbons (Fsp3) is 0.292. The minimum absolute atomic E-state index is 0.163. The zero-order valence-electron chi connectivity index (χ0n) is 17.5. The third-order valence-corrected chi connectivity index (χ3v) is 5.22. The fourth-order valence-corrected chi connectivity index (χ4v) is 3.70. The van der Waals surface area contributed by atoms with Gasteiger partial charge in [0.15, 0.2) is 6.61 Å². The summed E-state index contributed by atoms with van der Waals surface area (Å²) >= 11 is 0. The lowest BCUT2D eigenvalue weighted by Gasteiger charge is -2.08. The Morgan fingerprint density at radius 1 is 1.03 bits per heavy atom. The molecule has 0 fully saturated rings. The van der Waals surface area contributed by atoms with Crippen LogP contribution in [0.2, 0.25) is 0 Å². The molecule has 0 aliphatic heterocycles. The van der Waals surface area contributed by atoms with Gasteiger partial charge in [-0.2, -0.15) is 0 Å². The number of amides is 1. The summed E-state index contributed by atoms with van der Waals surface area (Å²) in [6.45, 7) is 5.98. The van der Waals surface area contributed by atoms with Gasteiger partial charge < -0.3 is 14.6 Å². The van der Waals surface area contributed by atoms with Gasteiger partial charge in [0.1, 0.15) is 6.54 Å². The molecule has 0 atom stereocenters. The average molecular weight is 406 g/mol. The number of esters is 1. The monoisotopic (exact) mass is 406 g/mol. The first-order valence-corrected chi connectivity index (χ1v) is 9.99. The molecule has 1 aromatic heterocycles. The Bertz CT molecular complexity index is 1090. The largest absolute Gasteiger partial charge is 0.456 e. The number of fused-ring (bicyclic) bond motifs is 1. The van der Waals surface area contributed by atoms with Crippen LogP contribution in [0, 0.1) is 13.8 Å². The van der Waals surface area contributed by atoms with Gasteiger partial charge >= 0.3 is 5.97 Å². The molecule has 0 saturated carbocycles. The number of carbonyl (C=O) groups excluding carboxylic acids is 3. The van der Waals surface area contributed by atoms with E-state index in [1.807, 2.05) is 67.8 Å². The molecule has 1 heterocycles. The maximum absolute atomic E-state index is 12.4. The molecule has 0 aliphatic carbocycles. The van der Waals surface area contributed by atoms with Crippen LogP contribution < -0.4 is 5.32 Å². The number of Topliss-reactive ketones (excluding diaryl/α,β-unsaturated/α-hetero) is 1. The maximum atomic E-state index is 12.4. The maximum Gasteiger partial charge on any atom is 0.325 e. The molecule has 0 radical (unpaired) electrons. The summed E-state index contributed by atoms with van der Waals surface area (Å²) in [5.74, 6) is -1.17. The summed E-state index contributed by atoms with van der Waals surface area (Å²) in [5.41, 5.74) is 3.30. The Balaban J connectivity index is 1.50. The number of aromatic nitrogens is 1. The van der Waals surface area contributed by atoms with Gasteiger partial charge in [0.2, 0.25) is 11.7 Å². The molecule has 0 aliphatic rings. The number of ether oxygens (including phenoxy) is 1. The average Bonchev–Trinajstić information content (AvgIpc) is 3.04. The van der Waals surface area contributed by atoms with Crippen molar-refractivity contribution in [2.75, 3.05) is 13.2 Å². The third-order valence-electron chi connectivity index (χ3n) is 5.22. The van der Waals surface area contributed by atoms with E-state index in [1.54, 1.807) is 6.07 Å². The van der Waals surface area contributed by atoms with Crippen molar-refractivity contribution in [1.29, 1.82) is 0 Å². The Labute approximate surface area is 175 Å². The van der Waals surface area contributed by atoms with Crippen molar-refractivity contribution in [3.05, 3.63) is 71.0 Å². The van der Waals surface area contributed by atoms with E-state index >= 15 is 0 Å². The van der Waals surface area contributed by atoms with Gasteiger partial charge in [-0.1, -0.05) is 42.5 Å². The highest BCUT2D eigenvalue weighted by atomic mass is 16.5. The van der Waals surface area contributed by atoms with E-state index in [-0.39, 0.29) is 31.3 Å². The van der Waals surface area contributed by atoms with Crippen LogP contribution >= 0.6 is 0 Å². The standard InChI is InChI=1S/C24H26N2O4/c1-4-26-16(2)12-21(17(26)3)22(27)15-30-24(29)14-25-23(28)13-19-10-7-9-18-8-5-6-11-20(18)19/h5-12H,4,13-15H2,1-3H3,(H,25,28). The van der Waals surface area contributed by atoms with Gasteiger partial charge in [0, 0.05) is 23.5 Å². The Hall–Kier alpha value is -3.41. The highest BCUT2D eigenvalue weighted by molar-refractivity contribution is 5.99. The number of ketones is 1. The summed E-state index contributed by atoms with van der Waals surface area (Å²) < 4.78 is 7.08. The minimum Gasteiger partial charge on any atom is -0.456 e. The van der Waals surface area contributed by atoms with E-state index in [0.717, 1.165) is 34.3 Å². The van der Waals surface area contributed by atoms with Crippen LogP contribution in [0.15, 0.2) is 48.5 Å². The molecule has 30 heavy (non-hydrogen) atoms. The van der Waals surface area contributed by atoms with Crippen molar-refractivity contribution < 1.29 is 19.1 Å². The molecule has 6 heteroatoms. The van der Waals surface area contributed by atoms with Crippen LogP contribution in [-0.2, 0) is 27.3 Å². The Kier molecular flexibility index (Phi) is 6.67. The van der Waals surface area contributed by atoms with Crippen molar-refractivity contribution in [2.24, 2.45) is 0 Å². The zero-order valence-corrected chi connectivity index (χ0v) is 17.5. The number of hydrogen-bond acceptors (Lipinski definition) is 4. The van der Waals surface area contributed by atoms with E-state index in [9.17, 15) is 14.4 Å². The van der Waals surface area contributed by atoms with E-state index in [4.69, 9.17) is 4.74 Å². The minimum atomic E-state index is -0.640. The van der Waals surface area contributed by atoms with Gasteiger partial charge in [-0.25, -0.2) is 0 Å². The summed E-state index contributed by atoms with van der Waals surface area (Å²) in [7, 11) is 0. The van der Waals surface area contributed by atoms with Crippen LogP contribution in [0.4, 0.5) is 0 Å². The van der Waals surface area contributed by atoms with Crippen molar-refractivity contribution in [2.45, 2.75) is 33.7 Å². The normalized spacial score (nSPS) is 10.8. The molecule has 156 valence electrons. The van der Waals surface area contributed by atoms with Gasteiger partial charge in [0.25, 0.3) is 0 Å². The third kappa shape index (κ3) is 4.76. The number of rotatable bonds is 8. The predicted molar refractivity (Wildman–Crippen MR) is 116 cm³/mol. The van der Waals surface area contributed by atoms with Gasteiger partial charge in [-0.3, -0.25) is 14.4 Å². The molecule has 0 spiro atoms. The lowest BCUT2D eigenvalue weighted by atomic mass is 10.0. The van der Waals surface area contributed by atoms with Gasteiger partial charge in [-0.05, 0) is 43.2 Å². The summed E-state index contributed by atoms with van der Waals surface area (Å²) in [6.07, 6.45) is 0.163. The fourth-order valence-electron chi connectivity index (χ4n) is 3.70. The molecule has 2 aromatic carbocycles. The predicted octanol–water partition coefficient (Wildman–Crippen LogP) is 3.36. The summed E-state index contributed by atoms with van der Waals surface area (Å²) in [4.78, 5) is 36.6. The highest BCUT2D eigenvalue weighted by Gasteiger charge is 2.17. The second-order valence-corrected chi connectivity index (χ2v) is 7.20. The molecule has 3 rings (SSSR count).